The second kappa shape index (κ2) is 9.38. The molecule has 0 unspecified atom stereocenters. The van der Waals surface area contributed by atoms with E-state index in [0.29, 0.717) is 17.0 Å². The molecule has 2 amide bonds. The van der Waals surface area contributed by atoms with E-state index in [9.17, 15) is 18.0 Å². The highest BCUT2D eigenvalue weighted by atomic mass is 32.1. The summed E-state index contributed by atoms with van der Waals surface area (Å²) in [7, 11) is 1.69. The van der Waals surface area contributed by atoms with E-state index in [0.717, 1.165) is 36.6 Å². The molecular weight excluding hydrogens is 389 g/mol. The second-order valence-electron chi connectivity index (χ2n) is 6.38. The van der Waals surface area contributed by atoms with Crippen molar-refractivity contribution in [3.8, 4) is 5.69 Å². The summed E-state index contributed by atoms with van der Waals surface area (Å²) in [5, 5.41) is 0. The van der Waals surface area contributed by atoms with Crippen LogP contribution in [-0.2, 0) is 6.18 Å². The summed E-state index contributed by atoms with van der Waals surface area (Å²) in [4.78, 5) is 21.7. The first kappa shape index (κ1) is 22.2. The molecule has 1 heterocycles. The van der Waals surface area contributed by atoms with E-state index in [1.54, 1.807) is 22.7 Å². The van der Waals surface area contributed by atoms with Gasteiger partial charge in [0.15, 0.2) is 4.80 Å². The van der Waals surface area contributed by atoms with Crippen molar-refractivity contribution in [2.75, 3.05) is 33.2 Å². The van der Waals surface area contributed by atoms with Gasteiger partial charge in [0, 0.05) is 36.9 Å². The minimum atomic E-state index is -4.38. The maximum atomic E-state index is 12.8. The van der Waals surface area contributed by atoms with Crippen molar-refractivity contribution in [1.29, 1.82) is 0 Å². The lowest BCUT2D eigenvalue weighted by Crippen LogP contribution is -2.35. The lowest BCUT2D eigenvalue weighted by molar-refractivity contribution is -0.137. The molecule has 1 aromatic heterocycles. The third-order valence-corrected chi connectivity index (χ3v) is 5.30. The van der Waals surface area contributed by atoms with E-state index < -0.39 is 11.7 Å². The van der Waals surface area contributed by atoms with Crippen molar-refractivity contribution in [2.24, 2.45) is 4.99 Å². The molecule has 5 nitrogen and oxygen atoms in total. The minimum absolute atomic E-state index is 0.380. The molecule has 0 bridgehead atoms. The molecule has 0 N–H and O–H groups in total. The molecule has 0 aliphatic rings. The Morgan fingerprint density at radius 2 is 1.75 bits per heavy atom. The standard InChI is InChI=1S/C19H25F3N4OS/c1-5-25(6-2)12-11-24(4)17(27)23-18-26(13-14(3)28-18)16-9-7-15(8-10-16)19(20,21)22/h7-10,13H,5-6,11-12H2,1-4H3. The van der Waals surface area contributed by atoms with Crippen LogP contribution in [0.4, 0.5) is 18.0 Å². The second-order valence-corrected chi connectivity index (χ2v) is 7.60. The van der Waals surface area contributed by atoms with Gasteiger partial charge in [-0.25, -0.2) is 4.79 Å². The third-order valence-electron chi connectivity index (χ3n) is 4.41. The fourth-order valence-electron chi connectivity index (χ4n) is 2.62. The zero-order chi connectivity index (χ0) is 20.9. The molecule has 0 radical (unpaired) electrons. The average molecular weight is 414 g/mol. The Labute approximate surface area is 166 Å². The fraction of sp³-hybridized carbons (Fsp3) is 0.474. The number of hydrogen-bond acceptors (Lipinski definition) is 3. The fourth-order valence-corrected chi connectivity index (χ4v) is 3.45. The van der Waals surface area contributed by atoms with Crippen molar-refractivity contribution in [3.05, 3.63) is 45.7 Å². The number of rotatable bonds is 6. The molecule has 1 aromatic carbocycles. The van der Waals surface area contributed by atoms with E-state index in [2.05, 4.69) is 23.7 Å². The van der Waals surface area contributed by atoms with E-state index in [1.165, 1.54) is 23.5 Å². The molecule has 2 rings (SSSR count). The van der Waals surface area contributed by atoms with Crippen LogP contribution in [0.15, 0.2) is 35.5 Å². The summed E-state index contributed by atoms with van der Waals surface area (Å²) in [6.07, 6.45) is -2.63. The predicted molar refractivity (Wildman–Crippen MR) is 105 cm³/mol. The SMILES string of the molecule is CCN(CC)CCN(C)C(=O)N=c1sc(C)cn1-c1ccc(C(F)(F)F)cc1. The zero-order valence-electron chi connectivity index (χ0n) is 16.5. The van der Waals surface area contributed by atoms with Crippen molar-refractivity contribution in [1.82, 2.24) is 14.4 Å². The Hall–Kier alpha value is -2.13. The highest BCUT2D eigenvalue weighted by Gasteiger charge is 2.30. The van der Waals surface area contributed by atoms with E-state index >= 15 is 0 Å². The molecule has 0 spiro atoms. The number of hydrogen-bond donors (Lipinski definition) is 0. The number of aryl methyl sites for hydroxylation is 1. The molecule has 0 saturated carbocycles. The van der Waals surface area contributed by atoms with Gasteiger partial charge in [-0.2, -0.15) is 18.2 Å². The lowest BCUT2D eigenvalue weighted by Gasteiger charge is -2.21. The van der Waals surface area contributed by atoms with Crippen LogP contribution in [0.3, 0.4) is 0 Å². The highest BCUT2D eigenvalue weighted by Crippen LogP contribution is 2.29. The zero-order valence-corrected chi connectivity index (χ0v) is 17.3. The van der Waals surface area contributed by atoms with Gasteiger partial charge in [-0.05, 0) is 44.3 Å². The number of carbonyl (C=O) groups excluding carboxylic acids is 1. The molecule has 0 aliphatic heterocycles. The number of alkyl halides is 3. The summed E-state index contributed by atoms with van der Waals surface area (Å²) in [6, 6.07) is 4.43. The molecule has 0 aliphatic carbocycles. The van der Waals surface area contributed by atoms with Crippen LogP contribution in [0.25, 0.3) is 5.69 Å². The molecule has 0 atom stereocenters. The minimum Gasteiger partial charge on any atom is -0.325 e. The molecular formula is C19H25F3N4OS. The van der Waals surface area contributed by atoms with E-state index in [4.69, 9.17) is 0 Å². The Morgan fingerprint density at radius 1 is 1.14 bits per heavy atom. The number of carbonyl (C=O) groups is 1. The molecule has 0 fully saturated rings. The largest absolute Gasteiger partial charge is 0.416 e. The number of aromatic nitrogens is 1. The van der Waals surface area contributed by atoms with Crippen molar-refractivity contribution in [3.63, 3.8) is 0 Å². The lowest BCUT2D eigenvalue weighted by atomic mass is 10.2. The van der Waals surface area contributed by atoms with Crippen LogP contribution in [0.1, 0.15) is 24.3 Å². The predicted octanol–water partition coefficient (Wildman–Crippen LogP) is 4.16. The van der Waals surface area contributed by atoms with Gasteiger partial charge in [0.2, 0.25) is 0 Å². The van der Waals surface area contributed by atoms with Crippen LogP contribution >= 0.6 is 11.3 Å². The molecule has 154 valence electrons. The van der Waals surface area contributed by atoms with Crippen LogP contribution in [0, 0.1) is 6.92 Å². The van der Waals surface area contributed by atoms with Gasteiger partial charge in [-0.15, -0.1) is 11.3 Å². The molecule has 2 aromatic rings. The Kier molecular flexibility index (Phi) is 7.42. The molecule has 9 heteroatoms. The van der Waals surface area contributed by atoms with Gasteiger partial charge < -0.3 is 9.80 Å². The Balaban J connectivity index is 2.24. The highest BCUT2D eigenvalue weighted by molar-refractivity contribution is 7.09. The topological polar surface area (TPSA) is 40.8 Å². The maximum absolute atomic E-state index is 12.8. The summed E-state index contributed by atoms with van der Waals surface area (Å²) in [5.41, 5.74) is -0.191. The average Bonchev–Trinajstić information content (AvgIpc) is 3.01. The normalized spacial score (nSPS) is 12.6. The number of thiazole rings is 1. The van der Waals surface area contributed by atoms with Crippen LogP contribution < -0.4 is 4.80 Å². The van der Waals surface area contributed by atoms with Crippen molar-refractivity contribution >= 4 is 17.4 Å². The summed E-state index contributed by atoms with van der Waals surface area (Å²) in [5.74, 6) is 0. The number of halogens is 3. The number of nitrogens with zero attached hydrogens (tertiary/aromatic N) is 4. The number of benzene rings is 1. The van der Waals surface area contributed by atoms with Gasteiger partial charge in [-0.1, -0.05) is 13.8 Å². The Morgan fingerprint density at radius 3 is 2.29 bits per heavy atom. The number of likely N-dealkylation sites (N-methyl/N-ethyl adjacent to an activating group) is 2. The first-order valence-corrected chi connectivity index (χ1v) is 9.86. The molecule has 0 saturated heterocycles. The summed E-state index contributed by atoms with van der Waals surface area (Å²) < 4.78 is 39.9. The maximum Gasteiger partial charge on any atom is 0.416 e. The van der Waals surface area contributed by atoms with Crippen molar-refractivity contribution < 1.29 is 18.0 Å². The van der Waals surface area contributed by atoms with Gasteiger partial charge in [0.1, 0.15) is 0 Å². The monoisotopic (exact) mass is 414 g/mol. The van der Waals surface area contributed by atoms with E-state index in [-0.39, 0.29) is 6.03 Å². The third kappa shape index (κ3) is 5.68. The van der Waals surface area contributed by atoms with Crippen LogP contribution in [0.5, 0.6) is 0 Å². The van der Waals surface area contributed by atoms with Crippen molar-refractivity contribution in [2.45, 2.75) is 26.9 Å². The quantitative estimate of drug-likeness (QED) is 0.712. The number of amides is 2. The first-order valence-electron chi connectivity index (χ1n) is 9.04. The van der Waals surface area contributed by atoms with Gasteiger partial charge in [-0.3, -0.25) is 4.57 Å². The van der Waals surface area contributed by atoms with Gasteiger partial charge in [0.05, 0.1) is 5.56 Å². The Bertz CT molecular complexity index is 851. The van der Waals surface area contributed by atoms with Crippen LogP contribution in [-0.4, -0.2) is 53.6 Å². The smallest absolute Gasteiger partial charge is 0.325 e. The van der Waals surface area contributed by atoms with Gasteiger partial charge >= 0.3 is 12.2 Å². The number of urea groups is 1. The first-order chi connectivity index (χ1) is 13.2. The summed E-state index contributed by atoms with van der Waals surface area (Å²) in [6.45, 7) is 9.12. The van der Waals surface area contributed by atoms with Crippen LogP contribution in [0.2, 0.25) is 0 Å². The van der Waals surface area contributed by atoms with E-state index in [1.807, 2.05) is 6.92 Å². The molecule has 28 heavy (non-hydrogen) atoms. The van der Waals surface area contributed by atoms with Gasteiger partial charge in [0.25, 0.3) is 0 Å². The summed E-state index contributed by atoms with van der Waals surface area (Å²) >= 11 is 1.31.